The standard InChI is InChI=1S/C16H23ClN2OS/c1-6-18-16-19-13-14(20-8-9(2)3)11(10(4)5)7-12(17)15(13)21-16/h7,9-10H,6,8H2,1-5H3,(H,18,19). The molecule has 0 bridgehead atoms. The predicted molar refractivity (Wildman–Crippen MR) is 93.2 cm³/mol. The highest BCUT2D eigenvalue weighted by Gasteiger charge is 2.19. The molecule has 5 heteroatoms. The number of halogens is 1. The van der Waals surface area contributed by atoms with Crippen LogP contribution in [0.5, 0.6) is 5.75 Å². The normalized spacial score (nSPS) is 11.6. The number of nitrogens with zero attached hydrogens (tertiary/aromatic N) is 1. The van der Waals surface area contributed by atoms with Crippen molar-refractivity contribution in [1.82, 2.24) is 4.98 Å². The lowest BCUT2D eigenvalue weighted by Gasteiger charge is -2.16. The van der Waals surface area contributed by atoms with Crippen molar-refractivity contribution in [3.05, 3.63) is 16.7 Å². The molecule has 0 aliphatic heterocycles. The molecule has 21 heavy (non-hydrogen) atoms. The van der Waals surface area contributed by atoms with Gasteiger partial charge in [-0.3, -0.25) is 0 Å². The Kier molecular flexibility index (Phi) is 5.33. The topological polar surface area (TPSA) is 34.2 Å². The first-order valence-corrected chi connectivity index (χ1v) is 8.63. The van der Waals surface area contributed by atoms with Gasteiger partial charge in [-0.1, -0.05) is 50.6 Å². The predicted octanol–water partition coefficient (Wildman–Crippen LogP) is 5.54. The first kappa shape index (κ1) is 16.4. The van der Waals surface area contributed by atoms with E-state index in [-0.39, 0.29) is 0 Å². The second-order valence-electron chi connectivity index (χ2n) is 5.86. The molecular formula is C16H23ClN2OS. The van der Waals surface area contributed by atoms with E-state index in [0.717, 1.165) is 38.2 Å². The van der Waals surface area contributed by atoms with E-state index in [9.17, 15) is 0 Å². The number of rotatable bonds is 6. The van der Waals surface area contributed by atoms with Gasteiger partial charge in [0.25, 0.3) is 0 Å². The van der Waals surface area contributed by atoms with Gasteiger partial charge in [-0.2, -0.15) is 0 Å². The number of thiazole rings is 1. The number of nitrogens with one attached hydrogen (secondary N) is 1. The number of hydrogen-bond acceptors (Lipinski definition) is 4. The summed E-state index contributed by atoms with van der Waals surface area (Å²) in [4.78, 5) is 4.68. The summed E-state index contributed by atoms with van der Waals surface area (Å²) in [5.41, 5.74) is 2.01. The lowest BCUT2D eigenvalue weighted by molar-refractivity contribution is 0.270. The number of benzene rings is 1. The summed E-state index contributed by atoms with van der Waals surface area (Å²) >= 11 is 8.02. The van der Waals surface area contributed by atoms with Crippen molar-refractivity contribution in [1.29, 1.82) is 0 Å². The van der Waals surface area contributed by atoms with Crippen molar-refractivity contribution in [2.24, 2.45) is 5.92 Å². The Morgan fingerprint density at radius 3 is 2.62 bits per heavy atom. The van der Waals surface area contributed by atoms with E-state index in [1.807, 2.05) is 6.07 Å². The van der Waals surface area contributed by atoms with Gasteiger partial charge in [-0.15, -0.1) is 0 Å². The van der Waals surface area contributed by atoms with Gasteiger partial charge in [0.2, 0.25) is 0 Å². The number of anilines is 1. The fraction of sp³-hybridized carbons (Fsp3) is 0.562. The van der Waals surface area contributed by atoms with Crippen LogP contribution in [0.1, 0.15) is 46.1 Å². The molecule has 0 atom stereocenters. The second-order valence-corrected chi connectivity index (χ2v) is 7.27. The smallest absolute Gasteiger partial charge is 0.183 e. The van der Waals surface area contributed by atoms with Crippen LogP contribution < -0.4 is 10.1 Å². The molecule has 2 aromatic rings. The summed E-state index contributed by atoms with van der Waals surface area (Å²) in [6.45, 7) is 12.2. The largest absolute Gasteiger partial charge is 0.491 e. The van der Waals surface area contributed by atoms with Crippen LogP contribution in [0, 0.1) is 5.92 Å². The number of ether oxygens (including phenoxy) is 1. The third-order valence-electron chi connectivity index (χ3n) is 3.11. The first-order valence-electron chi connectivity index (χ1n) is 7.43. The molecule has 0 amide bonds. The zero-order chi connectivity index (χ0) is 15.6. The molecule has 0 aliphatic rings. The summed E-state index contributed by atoms with van der Waals surface area (Å²) in [5.74, 6) is 1.71. The molecule has 0 unspecified atom stereocenters. The molecule has 1 aromatic heterocycles. The summed E-state index contributed by atoms with van der Waals surface area (Å²) < 4.78 is 7.07. The van der Waals surface area contributed by atoms with Gasteiger partial charge >= 0.3 is 0 Å². The van der Waals surface area contributed by atoms with Crippen LogP contribution >= 0.6 is 22.9 Å². The van der Waals surface area contributed by atoms with E-state index < -0.39 is 0 Å². The summed E-state index contributed by atoms with van der Waals surface area (Å²) in [7, 11) is 0. The van der Waals surface area contributed by atoms with E-state index in [1.165, 1.54) is 0 Å². The van der Waals surface area contributed by atoms with E-state index >= 15 is 0 Å². The Labute approximate surface area is 135 Å². The minimum atomic E-state index is 0.346. The molecule has 0 fully saturated rings. The van der Waals surface area contributed by atoms with Gasteiger partial charge in [0.05, 0.1) is 16.3 Å². The Bertz CT molecular complexity index is 622. The average Bonchev–Trinajstić information content (AvgIpc) is 2.81. The first-order chi connectivity index (χ1) is 9.93. The molecule has 0 saturated heterocycles. The Hall–Kier alpha value is -1.000. The van der Waals surface area contributed by atoms with Crippen molar-refractivity contribution in [3.63, 3.8) is 0 Å². The van der Waals surface area contributed by atoms with Gasteiger partial charge < -0.3 is 10.1 Å². The van der Waals surface area contributed by atoms with Gasteiger partial charge in [-0.25, -0.2) is 4.98 Å². The van der Waals surface area contributed by atoms with Crippen LogP contribution in [0.2, 0.25) is 5.02 Å². The van der Waals surface area contributed by atoms with E-state index in [2.05, 4.69) is 44.9 Å². The Morgan fingerprint density at radius 2 is 2.05 bits per heavy atom. The third kappa shape index (κ3) is 3.61. The number of aromatic nitrogens is 1. The maximum atomic E-state index is 6.44. The van der Waals surface area contributed by atoms with Crippen molar-refractivity contribution >= 4 is 38.3 Å². The van der Waals surface area contributed by atoms with Crippen LogP contribution in [-0.2, 0) is 0 Å². The van der Waals surface area contributed by atoms with Crippen LogP contribution in [0.15, 0.2) is 6.07 Å². The summed E-state index contributed by atoms with van der Waals surface area (Å²) in [5, 5.41) is 4.91. The maximum absolute atomic E-state index is 6.44. The van der Waals surface area contributed by atoms with Crippen molar-refractivity contribution in [2.45, 2.75) is 40.5 Å². The SMILES string of the molecule is CCNc1nc2c(OCC(C)C)c(C(C)C)cc(Cl)c2s1. The third-order valence-corrected chi connectivity index (χ3v) is 4.57. The summed E-state index contributed by atoms with van der Waals surface area (Å²) in [6.07, 6.45) is 0. The van der Waals surface area contributed by atoms with Crippen LogP contribution in [-0.4, -0.2) is 18.1 Å². The van der Waals surface area contributed by atoms with Crippen LogP contribution in [0.25, 0.3) is 10.2 Å². The molecule has 1 heterocycles. The van der Waals surface area contributed by atoms with E-state index in [0.29, 0.717) is 18.4 Å². The van der Waals surface area contributed by atoms with Crippen molar-refractivity contribution < 1.29 is 4.74 Å². The molecule has 2 rings (SSSR count). The second kappa shape index (κ2) is 6.84. The van der Waals surface area contributed by atoms with E-state index in [1.54, 1.807) is 11.3 Å². The zero-order valence-electron chi connectivity index (χ0n) is 13.3. The molecule has 0 aliphatic carbocycles. The molecule has 3 nitrogen and oxygen atoms in total. The van der Waals surface area contributed by atoms with Gasteiger partial charge in [0.15, 0.2) is 5.13 Å². The molecule has 0 spiro atoms. The Balaban J connectivity index is 2.57. The lowest BCUT2D eigenvalue weighted by Crippen LogP contribution is -2.07. The quantitative estimate of drug-likeness (QED) is 0.756. The zero-order valence-corrected chi connectivity index (χ0v) is 14.9. The molecule has 0 radical (unpaired) electrons. The highest BCUT2D eigenvalue weighted by Crippen LogP contribution is 2.42. The molecule has 0 saturated carbocycles. The van der Waals surface area contributed by atoms with E-state index in [4.69, 9.17) is 16.3 Å². The fourth-order valence-electron chi connectivity index (χ4n) is 2.10. The van der Waals surface area contributed by atoms with Gasteiger partial charge in [0, 0.05) is 12.1 Å². The average molecular weight is 327 g/mol. The summed E-state index contributed by atoms with van der Waals surface area (Å²) in [6, 6.07) is 2.03. The number of hydrogen-bond donors (Lipinski definition) is 1. The van der Waals surface area contributed by atoms with Crippen LogP contribution in [0.3, 0.4) is 0 Å². The lowest BCUT2D eigenvalue weighted by atomic mass is 10.0. The highest BCUT2D eigenvalue weighted by molar-refractivity contribution is 7.22. The molecule has 1 N–H and O–H groups in total. The maximum Gasteiger partial charge on any atom is 0.183 e. The van der Waals surface area contributed by atoms with Gasteiger partial charge in [-0.05, 0) is 24.8 Å². The van der Waals surface area contributed by atoms with Crippen LogP contribution in [0.4, 0.5) is 5.13 Å². The highest BCUT2D eigenvalue weighted by atomic mass is 35.5. The van der Waals surface area contributed by atoms with Gasteiger partial charge in [0.1, 0.15) is 11.3 Å². The Morgan fingerprint density at radius 1 is 1.33 bits per heavy atom. The molecular weight excluding hydrogens is 304 g/mol. The van der Waals surface area contributed by atoms with Crippen molar-refractivity contribution in [2.75, 3.05) is 18.5 Å². The minimum Gasteiger partial charge on any atom is -0.491 e. The number of fused-ring (bicyclic) bond motifs is 1. The van der Waals surface area contributed by atoms with Crippen molar-refractivity contribution in [3.8, 4) is 5.75 Å². The minimum absolute atomic E-state index is 0.346. The molecule has 1 aromatic carbocycles. The monoisotopic (exact) mass is 326 g/mol. The molecule has 116 valence electrons. The fourth-order valence-corrected chi connectivity index (χ4v) is 3.36.